The highest BCUT2D eigenvalue weighted by Gasteiger charge is 2.20. The molecule has 0 atom stereocenters. The highest BCUT2D eigenvalue weighted by molar-refractivity contribution is 6.04. The Kier molecular flexibility index (Phi) is 6.35. The average Bonchev–Trinajstić information content (AvgIpc) is 3.28. The molecule has 1 fully saturated rings. The first-order valence-corrected chi connectivity index (χ1v) is 10.4. The zero-order chi connectivity index (χ0) is 20.8. The maximum atomic E-state index is 12.8. The molecule has 6 nitrogen and oxygen atoms in total. The zero-order valence-corrected chi connectivity index (χ0v) is 17.2. The number of benzene rings is 2. The van der Waals surface area contributed by atoms with Crippen molar-refractivity contribution in [3.63, 3.8) is 0 Å². The fourth-order valence-corrected chi connectivity index (χ4v) is 3.59. The minimum absolute atomic E-state index is 0.263. The number of nitrogens with one attached hydrogen (secondary N) is 1. The van der Waals surface area contributed by atoms with E-state index in [1.807, 2.05) is 48.5 Å². The van der Waals surface area contributed by atoms with Crippen LogP contribution in [0.2, 0.25) is 0 Å². The molecule has 156 valence electrons. The summed E-state index contributed by atoms with van der Waals surface area (Å²) in [4.78, 5) is 17.5. The van der Waals surface area contributed by atoms with Crippen molar-refractivity contribution in [3.8, 4) is 5.75 Å². The van der Waals surface area contributed by atoms with Gasteiger partial charge in [-0.2, -0.15) is 0 Å². The van der Waals surface area contributed by atoms with E-state index in [0.717, 1.165) is 49.8 Å². The van der Waals surface area contributed by atoms with Gasteiger partial charge in [-0.25, -0.2) is 0 Å². The van der Waals surface area contributed by atoms with Crippen molar-refractivity contribution in [3.05, 3.63) is 78.3 Å². The Morgan fingerprint density at radius 3 is 2.47 bits per heavy atom. The number of anilines is 2. The molecule has 1 aliphatic heterocycles. The van der Waals surface area contributed by atoms with E-state index in [0.29, 0.717) is 5.76 Å². The van der Waals surface area contributed by atoms with Gasteiger partial charge in [0.25, 0.3) is 5.91 Å². The predicted octanol–water partition coefficient (Wildman–Crippen LogP) is 4.25. The molecule has 0 unspecified atom stereocenters. The van der Waals surface area contributed by atoms with Crippen molar-refractivity contribution < 1.29 is 13.9 Å². The van der Waals surface area contributed by atoms with Crippen molar-refractivity contribution in [1.82, 2.24) is 4.90 Å². The van der Waals surface area contributed by atoms with Gasteiger partial charge in [0.05, 0.1) is 11.4 Å². The van der Waals surface area contributed by atoms with Crippen molar-refractivity contribution >= 4 is 17.3 Å². The number of carbonyl (C=O) groups is 1. The summed E-state index contributed by atoms with van der Waals surface area (Å²) in [6.07, 6.45) is 0. The third-order valence-electron chi connectivity index (χ3n) is 5.32. The molecule has 1 N–H and O–H groups in total. The van der Waals surface area contributed by atoms with Crippen LogP contribution in [0.1, 0.15) is 23.2 Å². The maximum absolute atomic E-state index is 12.8. The summed E-state index contributed by atoms with van der Waals surface area (Å²) in [6, 6.07) is 20.9. The number of rotatable bonds is 7. The molecule has 1 aromatic heterocycles. The molecular formula is C24H27N3O3. The lowest BCUT2D eigenvalue weighted by molar-refractivity contribution is 0.0992. The van der Waals surface area contributed by atoms with Crippen LogP contribution in [0, 0.1) is 0 Å². The first-order valence-electron chi connectivity index (χ1n) is 10.4. The number of furan rings is 1. The Hall–Kier alpha value is -3.25. The van der Waals surface area contributed by atoms with Gasteiger partial charge in [-0.15, -0.1) is 0 Å². The van der Waals surface area contributed by atoms with Gasteiger partial charge in [-0.05, 0) is 42.9 Å². The Bertz CT molecular complexity index is 963. The van der Waals surface area contributed by atoms with Gasteiger partial charge in [0.15, 0.2) is 5.76 Å². The highest BCUT2D eigenvalue weighted by Crippen LogP contribution is 2.27. The van der Waals surface area contributed by atoms with Crippen LogP contribution in [0.4, 0.5) is 11.4 Å². The SMILES string of the molecule is CCN1CCN(c2ccccc2NC(=O)c2ccc(COc3ccccc3)o2)CC1. The second-order valence-electron chi connectivity index (χ2n) is 7.26. The number of hydrogen-bond donors (Lipinski definition) is 1. The average molecular weight is 405 g/mol. The maximum Gasteiger partial charge on any atom is 0.291 e. The van der Waals surface area contributed by atoms with E-state index >= 15 is 0 Å². The molecule has 0 saturated carbocycles. The van der Waals surface area contributed by atoms with Crippen LogP contribution in [0.3, 0.4) is 0 Å². The lowest BCUT2D eigenvalue weighted by atomic mass is 10.2. The predicted molar refractivity (Wildman–Crippen MR) is 118 cm³/mol. The number of ether oxygens (including phenoxy) is 1. The number of hydrogen-bond acceptors (Lipinski definition) is 5. The summed E-state index contributed by atoms with van der Waals surface area (Å²) in [7, 11) is 0. The molecular weight excluding hydrogens is 378 g/mol. The van der Waals surface area contributed by atoms with Crippen molar-refractivity contribution in [2.24, 2.45) is 0 Å². The van der Waals surface area contributed by atoms with Crippen molar-refractivity contribution in [2.45, 2.75) is 13.5 Å². The first kappa shape index (κ1) is 20.0. The standard InChI is InChI=1S/C24H27N3O3/c1-2-26-14-16-27(17-15-26)22-11-7-6-10-21(22)25-24(28)23-13-12-20(30-23)18-29-19-8-4-3-5-9-19/h3-13H,2,14-18H2,1H3,(H,25,28). The number of para-hydroxylation sites is 3. The summed E-state index contributed by atoms with van der Waals surface area (Å²) >= 11 is 0. The Morgan fingerprint density at radius 1 is 0.967 bits per heavy atom. The summed E-state index contributed by atoms with van der Waals surface area (Å²) in [5.41, 5.74) is 1.84. The van der Waals surface area contributed by atoms with Gasteiger partial charge in [-0.3, -0.25) is 4.79 Å². The monoisotopic (exact) mass is 405 g/mol. The van der Waals surface area contributed by atoms with Crippen LogP contribution in [0.15, 0.2) is 71.1 Å². The fraction of sp³-hybridized carbons (Fsp3) is 0.292. The molecule has 0 radical (unpaired) electrons. The number of nitrogens with zero attached hydrogens (tertiary/aromatic N) is 2. The van der Waals surface area contributed by atoms with Gasteiger partial charge >= 0.3 is 0 Å². The summed E-state index contributed by atoms with van der Waals surface area (Å²) in [5.74, 6) is 1.37. The molecule has 3 aromatic rings. The van der Waals surface area contributed by atoms with E-state index in [1.54, 1.807) is 12.1 Å². The molecule has 1 saturated heterocycles. The smallest absolute Gasteiger partial charge is 0.291 e. The summed E-state index contributed by atoms with van der Waals surface area (Å²) in [6.45, 7) is 7.48. The largest absolute Gasteiger partial charge is 0.486 e. The van der Waals surface area contributed by atoms with Crippen molar-refractivity contribution in [1.29, 1.82) is 0 Å². The molecule has 2 heterocycles. The fourth-order valence-electron chi connectivity index (χ4n) is 3.59. The summed E-state index contributed by atoms with van der Waals surface area (Å²) < 4.78 is 11.4. The number of piperazine rings is 1. The molecule has 4 rings (SSSR count). The minimum atomic E-state index is -0.263. The van der Waals surface area contributed by atoms with Crippen LogP contribution in [0.25, 0.3) is 0 Å². The van der Waals surface area contributed by atoms with Crippen LogP contribution in [-0.2, 0) is 6.61 Å². The topological polar surface area (TPSA) is 58.0 Å². The van der Waals surface area contributed by atoms with Gasteiger partial charge in [-0.1, -0.05) is 37.3 Å². The molecule has 1 amide bonds. The Labute approximate surface area is 177 Å². The van der Waals surface area contributed by atoms with Crippen LogP contribution < -0.4 is 15.0 Å². The van der Waals surface area contributed by atoms with Gasteiger partial charge in [0, 0.05) is 26.2 Å². The number of likely N-dealkylation sites (N-methyl/N-ethyl adjacent to an activating group) is 1. The number of carbonyl (C=O) groups excluding carboxylic acids is 1. The van der Waals surface area contributed by atoms with E-state index < -0.39 is 0 Å². The Balaban J connectivity index is 1.39. The third-order valence-corrected chi connectivity index (χ3v) is 5.32. The molecule has 6 heteroatoms. The van der Waals surface area contributed by atoms with Crippen molar-refractivity contribution in [2.75, 3.05) is 42.9 Å². The van der Waals surface area contributed by atoms with Gasteiger partial charge < -0.3 is 24.3 Å². The minimum Gasteiger partial charge on any atom is -0.486 e. The van der Waals surface area contributed by atoms with E-state index in [-0.39, 0.29) is 18.3 Å². The highest BCUT2D eigenvalue weighted by atomic mass is 16.5. The molecule has 2 aromatic carbocycles. The van der Waals surface area contributed by atoms with Gasteiger partial charge in [0.2, 0.25) is 0 Å². The molecule has 0 aliphatic carbocycles. The second-order valence-corrected chi connectivity index (χ2v) is 7.26. The van der Waals surface area contributed by atoms with E-state index in [4.69, 9.17) is 9.15 Å². The molecule has 1 aliphatic rings. The van der Waals surface area contributed by atoms with Gasteiger partial charge in [0.1, 0.15) is 18.1 Å². The lowest BCUT2D eigenvalue weighted by Crippen LogP contribution is -2.46. The quantitative estimate of drug-likeness (QED) is 0.637. The van der Waals surface area contributed by atoms with E-state index in [1.165, 1.54) is 0 Å². The van der Waals surface area contributed by atoms with E-state index in [9.17, 15) is 4.79 Å². The van der Waals surface area contributed by atoms with Crippen LogP contribution in [-0.4, -0.2) is 43.5 Å². The van der Waals surface area contributed by atoms with E-state index in [2.05, 4.69) is 28.1 Å². The first-order chi connectivity index (χ1) is 14.7. The molecule has 0 spiro atoms. The van der Waals surface area contributed by atoms with Crippen LogP contribution in [0.5, 0.6) is 5.75 Å². The Morgan fingerprint density at radius 2 is 1.70 bits per heavy atom. The second kappa shape index (κ2) is 9.50. The van der Waals surface area contributed by atoms with Crippen LogP contribution >= 0.6 is 0 Å². The molecule has 0 bridgehead atoms. The third kappa shape index (κ3) is 4.83. The lowest BCUT2D eigenvalue weighted by Gasteiger charge is -2.36. The zero-order valence-electron chi connectivity index (χ0n) is 17.2. The summed E-state index contributed by atoms with van der Waals surface area (Å²) in [5, 5.41) is 3.01. The number of amides is 1. The molecule has 30 heavy (non-hydrogen) atoms. The normalized spacial score (nSPS) is 14.5.